The maximum absolute atomic E-state index is 11.6. The van der Waals surface area contributed by atoms with Gasteiger partial charge in [0.1, 0.15) is 5.60 Å². The fraction of sp³-hybridized carbons (Fsp3) is 0.950. The van der Waals surface area contributed by atoms with E-state index in [0.29, 0.717) is 6.54 Å². The van der Waals surface area contributed by atoms with Crippen molar-refractivity contribution in [3.63, 3.8) is 0 Å². The van der Waals surface area contributed by atoms with Gasteiger partial charge in [-0.15, -0.1) is 0 Å². The number of hydrogen-bond donors (Lipinski definition) is 2. The molecule has 2 aliphatic heterocycles. The quantitative estimate of drug-likeness (QED) is 0.519. The van der Waals surface area contributed by atoms with Gasteiger partial charge in [0, 0.05) is 77.7 Å². The van der Waals surface area contributed by atoms with E-state index in [1.54, 1.807) is 0 Å². The van der Waals surface area contributed by atoms with E-state index in [-0.39, 0.29) is 6.09 Å². The molecule has 2 N–H and O–H groups in total. The number of rotatable bonds is 10. The maximum Gasteiger partial charge on any atom is 0.407 e. The molecule has 2 aliphatic rings. The Balaban J connectivity index is 1.40. The van der Waals surface area contributed by atoms with Gasteiger partial charge in [-0.3, -0.25) is 9.80 Å². The molecule has 0 aromatic rings. The molecule has 0 aliphatic carbocycles. The maximum atomic E-state index is 11.6. The highest BCUT2D eigenvalue weighted by Crippen LogP contribution is 2.08. The molecule has 0 atom stereocenters. The fourth-order valence-corrected chi connectivity index (χ4v) is 4.27. The van der Waals surface area contributed by atoms with E-state index >= 15 is 0 Å². The van der Waals surface area contributed by atoms with E-state index < -0.39 is 5.60 Å². The largest absolute Gasteiger partial charge is 0.444 e. The Hall–Kier alpha value is -0.540. The molecule has 1 amide bonds. The molecular weight excluding hydrogens is 374 g/mol. The van der Waals surface area contributed by atoms with Crippen LogP contribution in [0.3, 0.4) is 0 Å². The van der Waals surface area contributed by atoms with Crippen LogP contribution in [-0.4, -0.2) is 116 Å². The first-order chi connectivity index (χ1) is 13.4. The smallest absolute Gasteiger partial charge is 0.407 e. The van der Waals surface area contributed by atoms with E-state index in [0.717, 1.165) is 24.6 Å². The molecule has 0 saturated carbocycles. The van der Waals surface area contributed by atoms with Crippen LogP contribution in [0.1, 0.15) is 27.2 Å². The number of alkyl carbamates (subject to hydrolysis) is 1. The van der Waals surface area contributed by atoms with Gasteiger partial charge < -0.3 is 20.3 Å². The summed E-state index contributed by atoms with van der Waals surface area (Å²) in [4.78, 5) is 19.4. The number of amides is 1. The van der Waals surface area contributed by atoms with Gasteiger partial charge in [0.2, 0.25) is 0 Å². The SMILES string of the molecule is CC(C)(C)OC(=O)NCCSCCCN1CCN(CCN2CCNCC2)CC1. The second-order valence-electron chi connectivity index (χ2n) is 8.67. The molecule has 2 heterocycles. The van der Waals surface area contributed by atoms with Gasteiger partial charge in [-0.1, -0.05) is 0 Å². The molecule has 0 spiro atoms. The average molecular weight is 416 g/mol. The van der Waals surface area contributed by atoms with Crippen LogP contribution in [-0.2, 0) is 4.74 Å². The van der Waals surface area contributed by atoms with E-state index in [2.05, 4.69) is 25.3 Å². The minimum absolute atomic E-state index is 0.317. The first-order valence-electron chi connectivity index (χ1n) is 10.8. The average Bonchev–Trinajstić information content (AvgIpc) is 2.66. The summed E-state index contributed by atoms with van der Waals surface area (Å²) < 4.78 is 5.23. The second kappa shape index (κ2) is 12.9. The van der Waals surface area contributed by atoms with E-state index in [4.69, 9.17) is 4.74 Å². The van der Waals surface area contributed by atoms with Crippen LogP contribution in [0, 0.1) is 0 Å². The zero-order valence-electron chi connectivity index (χ0n) is 18.2. The first kappa shape index (κ1) is 23.7. The van der Waals surface area contributed by atoms with Crippen LogP contribution in [0.15, 0.2) is 0 Å². The molecule has 0 unspecified atom stereocenters. The predicted molar refractivity (Wildman–Crippen MR) is 118 cm³/mol. The molecule has 0 aromatic carbocycles. The van der Waals surface area contributed by atoms with Crippen LogP contribution in [0.2, 0.25) is 0 Å². The summed E-state index contributed by atoms with van der Waals surface area (Å²) in [6.45, 7) is 19.4. The second-order valence-corrected chi connectivity index (χ2v) is 9.89. The Kier molecular flexibility index (Phi) is 10.9. The normalized spacial score (nSPS) is 20.2. The first-order valence-corrected chi connectivity index (χ1v) is 12.0. The zero-order valence-corrected chi connectivity index (χ0v) is 19.0. The molecule has 0 bridgehead atoms. The lowest BCUT2D eigenvalue weighted by Gasteiger charge is -2.36. The van der Waals surface area contributed by atoms with Crippen molar-refractivity contribution in [2.75, 3.05) is 90.0 Å². The Morgan fingerprint density at radius 3 is 2.11 bits per heavy atom. The van der Waals surface area contributed by atoms with Gasteiger partial charge >= 0.3 is 6.09 Å². The number of nitrogens with one attached hydrogen (secondary N) is 2. The number of carbonyl (C=O) groups excluding carboxylic acids is 1. The number of nitrogens with zero attached hydrogens (tertiary/aromatic N) is 3. The summed E-state index contributed by atoms with van der Waals surface area (Å²) in [6.07, 6.45) is 0.903. The number of hydrogen-bond acceptors (Lipinski definition) is 7. The van der Waals surface area contributed by atoms with Crippen LogP contribution < -0.4 is 10.6 Å². The summed E-state index contributed by atoms with van der Waals surface area (Å²) in [5.74, 6) is 2.10. The third-order valence-corrected chi connectivity index (χ3v) is 6.15. The number of piperazine rings is 2. The van der Waals surface area contributed by atoms with Crippen molar-refractivity contribution >= 4 is 17.9 Å². The van der Waals surface area contributed by atoms with E-state index in [1.165, 1.54) is 65.3 Å². The van der Waals surface area contributed by atoms with Crippen LogP contribution >= 0.6 is 11.8 Å². The molecule has 0 radical (unpaired) electrons. The molecule has 7 nitrogen and oxygen atoms in total. The van der Waals surface area contributed by atoms with Gasteiger partial charge in [-0.25, -0.2) is 4.79 Å². The summed E-state index contributed by atoms with van der Waals surface area (Å²) >= 11 is 1.91. The minimum atomic E-state index is -0.424. The lowest BCUT2D eigenvalue weighted by Crippen LogP contribution is -2.50. The van der Waals surface area contributed by atoms with Crippen molar-refractivity contribution in [1.82, 2.24) is 25.3 Å². The highest BCUT2D eigenvalue weighted by Gasteiger charge is 2.18. The number of ether oxygens (including phenoxy) is 1. The van der Waals surface area contributed by atoms with Gasteiger partial charge in [-0.2, -0.15) is 11.8 Å². The highest BCUT2D eigenvalue weighted by molar-refractivity contribution is 7.99. The van der Waals surface area contributed by atoms with Gasteiger partial charge in [-0.05, 0) is 39.5 Å². The molecule has 0 aromatic heterocycles. The third-order valence-electron chi connectivity index (χ3n) is 5.08. The van der Waals surface area contributed by atoms with Crippen molar-refractivity contribution < 1.29 is 9.53 Å². The lowest BCUT2D eigenvalue weighted by atomic mass is 10.2. The summed E-state index contributed by atoms with van der Waals surface area (Å²) in [6, 6.07) is 0. The van der Waals surface area contributed by atoms with Crippen LogP contribution in [0.4, 0.5) is 4.79 Å². The topological polar surface area (TPSA) is 60.1 Å². The Morgan fingerprint density at radius 2 is 1.50 bits per heavy atom. The zero-order chi connectivity index (χ0) is 20.2. The van der Waals surface area contributed by atoms with E-state index in [1.807, 2.05) is 32.5 Å². The summed E-state index contributed by atoms with van der Waals surface area (Å²) in [5.41, 5.74) is -0.424. The van der Waals surface area contributed by atoms with Crippen molar-refractivity contribution in [2.45, 2.75) is 32.8 Å². The Bertz CT molecular complexity index is 433. The van der Waals surface area contributed by atoms with Gasteiger partial charge in [0.25, 0.3) is 0 Å². The molecular formula is C20H41N5O2S. The predicted octanol–water partition coefficient (Wildman–Crippen LogP) is 1.16. The monoisotopic (exact) mass is 415 g/mol. The van der Waals surface area contributed by atoms with Crippen LogP contribution in [0.5, 0.6) is 0 Å². The minimum Gasteiger partial charge on any atom is -0.444 e. The molecule has 2 fully saturated rings. The Morgan fingerprint density at radius 1 is 0.929 bits per heavy atom. The Labute approximate surface area is 175 Å². The van der Waals surface area contributed by atoms with Crippen molar-refractivity contribution in [3.8, 4) is 0 Å². The summed E-state index contributed by atoms with van der Waals surface area (Å²) in [7, 11) is 0. The van der Waals surface area contributed by atoms with Crippen LogP contribution in [0.25, 0.3) is 0 Å². The fourth-order valence-electron chi connectivity index (χ4n) is 3.49. The third kappa shape index (κ3) is 10.9. The standard InChI is InChI=1S/C20H41N5O2S/c1-20(2,3)27-19(26)22-7-18-28-17-4-8-23-11-14-25(15-12-23)16-13-24-9-5-21-6-10-24/h21H,4-18H2,1-3H3,(H,22,26). The molecule has 28 heavy (non-hydrogen) atoms. The van der Waals surface area contributed by atoms with Gasteiger partial charge in [0.05, 0.1) is 0 Å². The number of thioether (sulfide) groups is 1. The molecule has 2 rings (SSSR count). The number of carbonyl (C=O) groups is 1. The molecule has 164 valence electrons. The molecule has 8 heteroatoms. The van der Waals surface area contributed by atoms with Gasteiger partial charge in [0.15, 0.2) is 0 Å². The highest BCUT2D eigenvalue weighted by atomic mass is 32.2. The summed E-state index contributed by atoms with van der Waals surface area (Å²) in [5, 5.41) is 6.23. The van der Waals surface area contributed by atoms with Crippen molar-refractivity contribution in [3.05, 3.63) is 0 Å². The van der Waals surface area contributed by atoms with Crippen molar-refractivity contribution in [2.24, 2.45) is 0 Å². The lowest BCUT2D eigenvalue weighted by molar-refractivity contribution is 0.0531. The van der Waals surface area contributed by atoms with Crippen molar-refractivity contribution in [1.29, 1.82) is 0 Å². The van der Waals surface area contributed by atoms with E-state index in [9.17, 15) is 4.79 Å². The molecule has 2 saturated heterocycles.